The maximum atomic E-state index is 10.9. The first-order chi connectivity index (χ1) is 20.3. The highest BCUT2D eigenvalue weighted by molar-refractivity contribution is 5.07. The lowest BCUT2D eigenvalue weighted by molar-refractivity contribution is -0.363. The van der Waals surface area contributed by atoms with Crippen molar-refractivity contribution in [2.45, 2.75) is 140 Å². The van der Waals surface area contributed by atoms with Crippen molar-refractivity contribution in [2.24, 2.45) is 0 Å². The van der Waals surface area contributed by atoms with Gasteiger partial charge in [0.05, 0.1) is 24.9 Å². The molecule has 11 atom stereocenters. The SMILES string of the molecule is C=C[C@](C)(CC/C=C(\C)CC/C=C(\C)CC/C=C(/C)CO)O[C@@H]1O[C@H](CO)[C@@H](O[C@@H]2O[C@@H](C)[C@H](O)[C@@H](O)[C@H]2O)[C@H](O)[C@H]1O. The van der Waals surface area contributed by atoms with Crippen molar-refractivity contribution in [3.8, 4) is 0 Å². The van der Waals surface area contributed by atoms with Crippen molar-refractivity contribution in [1.82, 2.24) is 0 Å². The lowest BCUT2D eigenvalue weighted by atomic mass is 9.95. The summed E-state index contributed by atoms with van der Waals surface area (Å²) in [4.78, 5) is 0. The van der Waals surface area contributed by atoms with Crippen LogP contribution in [0.1, 0.15) is 73.1 Å². The first-order valence-electron chi connectivity index (χ1n) is 15.1. The van der Waals surface area contributed by atoms with Gasteiger partial charge >= 0.3 is 0 Å². The van der Waals surface area contributed by atoms with Gasteiger partial charge in [0.25, 0.3) is 0 Å². The second-order valence-electron chi connectivity index (χ2n) is 12.0. The maximum absolute atomic E-state index is 10.9. The summed E-state index contributed by atoms with van der Waals surface area (Å²) < 4.78 is 23.0. The van der Waals surface area contributed by atoms with Crippen LogP contribution in [-0.4, -0.2) is 116 Å². The molecule has 2 rings (SSSR count). The topological polar surface area (TPSA) is 179 Å². The normalized spacial score (nSPS) is 36.0. The van der Waals surface area contributed by atoms with Crippen LogP contribution in [0.2, 0.25) is 0 Å². The van der Waals surface area contributed by atoms with Crippen molar-refractivity contribution in [3.05, 3.63) is 47.6 Å². The third kappa shape index (κ3) is 11.1. The third-order valence-corrected chi connectivity index (χ3v) is 8.18. The molecule has 0 aromatic heterocycles. The Bertz CT molecular complexity index is 948. The molecular formula is C32H54O11. The molecule has 11 nitrogen and oxygen atoms in total. The van der Waals surface area contributed by atoms with E-state index < -0.39 is 73.6 Å². The minimum Gasteiger partial charge on any atom is -0.394 e. The third-order valence-electron chi connectivity index (χ3n) is 8.18. The highest BCUT2D eigenvalue weighted by Gasteiger charge is 2.51. The molecule has 2 heterocycles. The lowest BCUT2D eigenvalue weighted by Gasteiger charge is -2.47. The monoisotopic (exact) mass is 614 g/mol. The van der Waals surface area contributed by atoms with Crippen LogP contribution < -0.4 is 0 Å². The molecule has 0 unspecified atom stereocenters. The maximum Gasteiger partial charge on any atom is 0.187 e. The Morgan fingerprint density at radius 1 is 0.767 bits per heavy atom. The molecule has 0 bridgehead atoms. The molecule has 0 aromatic rings. The highest BCUT2D eigenvalue weighted by atomic mass is 16.7. The quantitative estimate of drug-likeness (QED) is 0.126. The minimum atomic E-state index is -1.63. The van der Waals surface area contributed by atoms with Crippen molar-refractivity contribution < 1.29 is 54.7 Å². The standard InChI is InChI=1S/C32H54O11/c1-7-32(6,16-10-15-20(3)12-8-11-19(2)13-9-14-21(4)17-33)43-31-28(39)26(37)29(23(18-34)41-31)42-30-27(38)25(36)24(35)22(5)40-30/h7,11,14-15,22-31,33-39H,1,8-10,12-13,16-18H2,2-6H3/b19-11+,20-15+,21-14-/t22-,23+,24-,25+,26+,27+,28+,29+,30-,31-,32+/m0/s1. The first kappa shape index (κ1) is 37.7. The van der Waals surface area contributed by atoms with Gasteiger partial charge in [0.1, 0.15) is 42.7 Å². The van der Waals surface area contributed by atoms with Gasteiger partial charge in [-0.1, -0.05) is 41.0 Å². The number of hydrogen-bond donors (Lipinski definition) is 7. The van der Waals surface area contributed by atoms with Crippen molar-refractivity contribution in [1.29, 1.82) is 0 Å². The van der Waals surface area contributed by atoms with Crippen LogP contribution in [0.4, 0.5) is 0 Å². The van der Waals surface area contributed by atoms with Crippen LogP contribution >= 0.6 is 0 Å². The van der Waals surface area contributed by atoms with E-state index in [1.165, 1.54) is 18.1 Å². The molecule has 2 aliphatic rings. The summed E-state index contributed by atoms with van der Waals surface area (Å²) in [6.45, 7) is 12.8. The number of rotatable bonds is 16. The van der Waals surface area contributed by atoms with Gasteiger partial charge in [-0.25, -0.2) is 0 Å². The largest absolute Gasteiger partial charge is 0.394 e. The molecule has 0 spiro atoms. The fourth-order valence-corrected chi connectivity index (χ4v) is 5.04. The Morgan fingerprint density at radius 3 is 1.88 bits per heavy atom. The molecule has 2 saturated heterocycles. The van der Waals surface area contributed by atoms with E-state index in [0.717, 1.165) is 31.3 Å². The predicted octanol–water partition coefficient (Wildman–Crippen LogP) is 1.77. The first-order valence-corrected chi connectivity index (χ1v) is 15.1. The van der Waals surface area contributed by atoms with E-state index in [1.807, 2.05) is 6.92 Å². The Kier molecular flexibility index (Phi) is 15.7. The molecule has 0 amide bonds. The van der Waals surface area contributed by atoms with E-state index in [4.69, 9.17) is 24.1 Å². The fraction of sp³-hybridized carbons (Fsp3) is 0.750. The molecular weight excluding hydrogens is 560 g/mol. The predicted molar refractivity (Wildman–Crippen MR) is 161 cm³/mol. The zero-order valence-electron chi connectivity index (χ0n) is 26.2. The van der Waals surface area contributed by atoms with Crippen LogP contribution in [0.25, 0.3) is 0 Å². The van der Waals surface area contributed by atoms with Crippen LogP contribution in [0.5, 0.6) is 0 Å². The molecule has 0 saturated carbocycles. The van der Waals surface area contributed by atoms with Crippen LogP contribution in [-0.2, 0) is 18.9 Å². The average Bonchev–Trinajstić information content (AvgIpc) is 2.98. The number of aliphatic hydroxyl groups excluding tert-OH is 7. The van der Waals surface area contributed by atoms with Gasteiger partial charge in [0.15, 0.2) is 12.6 Å². The summed E-state index contributed by atoms with van der Waals surface area (Å²) in [5.74, 6) is 0. The zero-order chi connectivity index (χ0) is 32.3. The minimum absolute atomic E-state index is 0.0957. The second-order valence-corrected chi connectivity index (χ2v) is 12.0. The number of ether oxygens (including phenoxy) is 4. The van der Waals surface area contributed by atoms with E-state index in [2.05, 4.69) is 38.7 Å². The van der Waals surface area contributed by atoms with E-state index in [9.17, 15) is 30.6 Å². The Labute approximate surface area is 255 Å². The molecule has 2 fully saturated rings. The van der Waals surface area contributed by atoms with Crippen molar-refractivity contribution >= 4 is 0 Å². The van der Waals surface area contributed by atoms with Crippen molar-refractivity contribution in [3.63, 3.8) is 0 Å². The summed E-state index contributed by atoms with van der Waals surface area (Å²) in [6.07, 6.45) is -0.826. The second kappa shape index (κ2) is 17.9. The van der Waals surface area contributed by atoms with Crippen molar-refractivity contribution in [2.75, 3.05) is 13.2 Å². The fourth-order valence-electron chi connectivity index (χ4n) is 5.04. The van der Waals surface area contributed by atoms with Gasteiger partial charge < -0.3 is 54.7 Å². The van der Waals surface area contributed by atoms with Gasteiger partial charge in [-0.05, 0) is 73.1 Å². The van der Waals surface area contributed by atoms with Crippen LogP contribution in [0.3, 0.4) is 0 Å². The molecule has 0 aromatic carbocycles. The van der Waals surface area contributed by atoms with E-state index >= 15 is 0 Å². The lowest BCUT2D eigenvalue weighted by Crippen LogP contribution is -2.64. The molecule has 0 radical (unpaired) electrons. The molecule has 11 heteroatoms. The van der Waals surface area contributed by atoms with E-state index in [-0.39, 0.29) is 6.61 Å². The summed E-state index contributed by atoms with van der Waals surface area (Å²) in [6, 6.07) is 0. The van der Waals surface area contributed by atoms with Gasteiger partial charge in [-0.2, -0.15) is 0 Å². The van der Waals surface area contributed by atoms with E-state index in [1.54, 1.807) is 13.0 Å². The molecule has 0 aliphatic carbocycles. The highest BCUT2D eigenvalue weighted by Crippen LogP contribution is 2.32. The number of allylic oxidation sites excluding steroid dienone is 5. The zero-order valence-corrected chi connectivity index (χ0v) is 26.2. The molecule has 7 N–H and O–H groups in total. The van der Waals surface area contributed by atoms with E-state index in [0.29, 0.717) is 12.8 Å². The van der Waals surface area contributed by atoms with Gasteiger partial charge in [-0.3, -0.25) is 0 Å². The van der Waals surface area contributed by atoms with Crippen LogP contribution in [0, 0.1) is 0 Å². The number of hydrogen-bond acceptors (Lipinski definition) is 11. The molecule has 2 aliphatic heterocycles. The summed E-state index contributed by atoms with van der Waals surface area (Å²) >= 11 is 0. The Balaban J connectivity index is 1.92. The van der Waals surface area contributed by atoms with Gasteiger partial charge in [0.2, 0.25) is 0 Å². The number of aliphatic hydroxyl groups is 7. The summed E-state index contributed by atoms with van der Waals surface area (Å²) in [5, 5.41) is 71.1. The smallest absolute Gasteiger partial charge is 0.187 e. The molecule has 248 valence electrons. The molecule has 43 heavy (non-hydrogen) atoms. The van der Waals surface area contributed by atoms with Gasteiger partial charge in [0, 0.05) is 0 Å². The Morgan fingerprint density at radius 2 is 1.33 bits per heavy atom. The summed E-state index contributed by atoms with van der Waals surface area (Å²) in [7, 11) is 0. The van der Waals surface area contributed by atoms with Crippen LogP contribution in [0.15, 0.2) is 47.6 Å². The van der Waals surface area contributed by atoms with Gasteiger partial charge in [-0.15, -0.1) is 6.58 Å². The summed E-state index contributed by atoms with van der Waals surface area (Å²) in [5.41, 5.74) is 2.61. The Hall–Kier alpha value is -1.48. The average molecular weight is 615 g/mol.